The van der Waals surface area contributed by atoms with Crippen LogP contribution in [0.2, 0.25) is 0 Å². The molecule has 0 radical (unpaired) electrons. The molecule has 1 aromatic rings. The maximum absolute atomic E-state index is 12.1. The Morgan fingerprint density at radius 3 is 2.75 bits per heavy atom. The summed E-state index contributed by atoms with van der Waals surface area (Å²) in [6.45, 7) is 1.79. The molecule has 1 saturated heterocycles. The zero-order valence-corrected chi connectivity index (χ0v) is 11.4. The van der Waals surface area contributed by atoms with E-state index in [4.69, 9.17) is 10.00 Å². The highest BCUT2D eigenvalue weighted by atomic mass is 16.5. The molecule has 20 heavy (non-hydrogen) atoms. The van der Waals surface area contributed by atoms with Gasteiger partial charge in [0.15, 0.2) is 0 Å². The van der Waals surface area contributed by atoms with E-state index in [9.17, 15) is 4.79 Å². The normalized spacial score (nSPS) is 14.8. The van der Waals surface area contributed by atoms with Gasteiger partial charge in [0.25, 0.3) is 5.91 Å². The Hall–Kier alpha value is -2.48. The highest BCUT2D eigenvalue weighted by Crippen LogP contribution is 2.23. The molecule has 0 saturated carbocycles. The number of carbonyl (C=O) groups excluding carboxylic acids is 1. The molecule has 1 aromatic carbocycles. The van der Waals surface area contributed by atoms with Gasteiger partial charge in [-0.2, -0.15) is 5.26 Å². The summed E-state index contributed by atoms with van der Waals surface area (Å²) < 4.78 is 5.17. The minimum atomic E-state index is -0.413. The predicted octanol–water partition coefficient (Wildman–Crippen LogP) is 2.14. The monoisotopic (exact) mass is 271 g/mol. The first-order chi connectivity index (χ1) is 9.74. The van der Waals surface area contributed by atoms with Crippen LogP contribution in [0.4, 0.5) is 5.69 Å². The quantitative estimate of drug-likeness (QED) is 0.673. The molecule has 5 heteroatoms. The third-order valence-electron chi connectivity index (χ3n) is 3.17. The van der Waals surface area contributed by atoms with Gasteiger partial charge in [-0.1, -0.05) is 12.1 Å². The molecule has 1 aliphatic heterocycles. The molecule has 0 atom stereocenters. The van der Waals surface area contributed by atoms with Gasteiger partial charge in [-0.3, -0.25) is 4.79 Å². The lowest BCUT2D eigenvalue weighted by Crippen LogP contribution is -2.19. The molecular formula is C15H17N3O2. The van der Waals surface area contributed by atoms with Crippen molar-refractivity contribution in [3.63, 3.8) is 0 Å². The first-order valence-electron chi connectivity index (χ1n) is 6.55. The third-order valence-corrected chi connectivity index (χ3v) is 3.17. The Morgan fingerprint density at radius 1 is 1.40 bits per heavy atom. The van der Waals surface area contributed by atoms with Crippen molar-refractivity contribution in [2.45, 2.75) is 12.8 Å². The predicted molar refractivity (Wildman–Crippen MR) is 76.1 cm³/mol. The zero-order chi connectivity index (χ0) is 14.4. The lowest BCUT2D eigenvalue weighted by atomic mass is 10.2. The van der Waals surface area contributed by atoms with Crippen LogP contribution in [-0.4, -0.2) is 31.0 Å². The van der Waals surface area contributed by atoms with Crippen LogP contribution in [0.5, 0.6) is 5.75 Å². The topological polar surface area (TPSA) is 65.4 Å². The number of hydrogen-bond acceptors (Lipinski definition) is 4. The van der Waals surface area contributed by atoms with Gasteiger partial charge in [0, 0.05) is 19.3 Å². The molecular weight excluding hydrogens is 254 g/mol. The highest BCUT2D eigenvalue weighted by molar-refractivity contribution is 6.07. The number of ether oxygens (including phenoxy) is 1. The van der Waals surface area contributed by atoms with Crippen LogP contribution < -0.4 is 10.1 Å². The van der Waals surface area contributed by atoms with Crippen LogP contribution >= 0.6 is 0 Å². The molecule has 0 spiro atoms. The molecule has 0 aromatic heterocycles. The van der Waals surface area contributed by atoms with Crippen molar-refractivity contribution in [2.75, 3.05) is 25.5 Å². The van der Waals surface area contributed by atoms with E-state index < -0.39 is 5.91 Å². The van der Waals surface area contributed by atoms with Crippen LogP contribution in [0.3, 0.4) is 0 Å². The number of rotatable bonds is 4. The number of nitriles is 1. The first kappa shape index (κ1) is 13.9. The lowest BCUT2D eigenvalue weighted by Gasteiger charge is -2.13. The first-order valence-corrected chi connectivity index (χ1v) is 6.55. The molecule has 1 heterocycles. The summed E-state index contributed by atoms with van der Waals surface area (Å²) in [5, 5.41) is 11.8. The van der Waals surface area contributed by atoms with Gasteiger partial charge in [-0.15, -0.1) is 0 Å². The van der Waals surface area contributed by atoms with Gasteiger partial charge in [0.1, 0.15) is 17.4 Å². The van der Waals surface area contributed by atoms with Crippen molar-refractivity contribution < 1.29 is 9.53 Å². The Balaban J connectivity index is 2.11. The van der Waals surface area contributed by atoms with E-state index >= 15 is 0 Å². The fraction of sp³-hybridized carbons (Fsp3) is 0.333. The molecule has 0 aliphatic carbocycles. The number of nitrogens with zero attached hydrogens (tertiary/aromatic N) is 2. The van der Waals surface area contributed by atoms with Crippen molar-refractivity contribution in [2.24, 2.45) is 0 Å². The molecule has 1 N–H and O–H groups in total. The van der Waals surface area contributed by atoms with Gasteiger partial charge in [0.05, 0.1) is 12.8 Å². The van der Waals surface area contributed by atoms with E-state index in [0.717, 1.165) is 25.9 Å². The summed E-state index contributed by atoms with van der Waals surface area (Å²) in [5.74, 6) is 0.156. The minimum Gasteiger partial charge on any atom is -0.495 e. The van der Waals surface area contributed by atoms with Gasteiger partial charge in [0.2, 0.25) is 0 Å². The van der Waals surface area contributed by atoms with Gasteiger partial charge >= 0.3 is 0 Å². The number of nitrogens with one attached hydrogen (secondary N) is 1. The molecule has 5 nitrogen and oxygen atoms in total. The van der Waals surface area contributed by atoms with E-state index in [1.165, 1.54) is 7.11 Å². The van der Waals surface area contributed by atoms with Gasteiger partial charge in [-0.05, 0) is 25.0 Å². The molecule has 0 bridgehead atoms. The molecule has 1 amide bonds. The second-order valence-electron chi connectivity index (χ2n) is 4.55. The van der Waals surface area contributed by atoms with Crippen LogP contribution in [0.25, 0.3) is 0 Å². The van der Waals surface area contributed by atoms with Crippen molar-refractivity contribution in [1.29, 1.82) is 5.26 Å². The molecule has 0 unspecified atom stereocenters. The second-order valence-corrected chi connectivity index (χ2v) is 4.55. The van der Waals surface area contributed by atoms with E-state index in [1.807, 2.05) is 17.0 Å². The summed E-state index contributed by atoms with van der Waals surface area (Å²) in [6, 6.07) is 9.07. The number of benzene rings is 1. The number of hydrogen-bond donors (Lipinski definition) is 1. The Bertz CT molecular complexity index is 554. The second kappa shape index (κ2) is 6.62. The van der Waals surface area contributed by atoms with Gasteiger partial charge < -0.3 is 15.0 Å². The number of carbonyl (C=O) groups is 1. The van der Waals surface area contributed by atoms with E-state index in [0.29, 0.717) is 11.4 Å². The van der Waals surface area contributed by atoms with E-state index in [-0.39, 0.29) is 5.57 Å². The van der Waals surface area contributed by atoms with Crippen molar-refractivity contribution in [3.05, 3.63) is 36.0 Å². The average molecular weight is 271 g/mol. The van der Waals surface area contributed by atoms with Crippen molar-refractivity contribution >= 4 is 11.6 Å². The molecule has 2 rings (SSSR count). The molecule has 104 valence electrons. The summed E-state index contributed by atoms with van der Waals surface area (Å²) in [4.78, 5) is 14.1. The summed E-state index contributed by atoms with van der Waals surface area (Å²) in [5.41, 5.74) is 0.667. The van der Waals surface area contributed by atoms with Crippen LogP contribution in [-0.2, 0) is 4.79 Å². The third kappa shape index (κ3) is 3.29. The largest absolute Gasteiger partial charge is 0.495 e. The number of anilines is 1. The maximum Gasteiger partial charge on any atom is 0.267 e. The summed E-state index contributed by atoms with van der Waals surface area (Å²) in [6.07, 6.45) is 3.84. The Labute approximate surface area is 118 Å². The highest BCUT2D eigenvalue weighted by Gasteiger charge is 2.15. The average Bonchev–Trinajstić information content (AvgIpc) is 2.98. The molecule has 1 aliphatic rings. The zero-order valence-electron chi connectivity index (χ0n) is 11.4. The summed E-state index contributed by atoms with van der Waals surface area (Å²) in [7, 11) is 1.54. The van der Waals surface area contributed by atoms with Crippen molar-refractivity contribution in [1.82, 2.24) is 4.90 Å². The lowest BCUT2D eigenvalue weighted by molar-refractivity contribution is -0.112. The summed E-state index contributed by atoms with van der Waals surface area (Å²) >= 11 is 0. The fourth-order valence-corrected chi connectivity index (χ4v) is 2.13. The fourth-order valence-electron chi connectivity index (χ4n) is 2.13. The number of likely N-dealkylation sites (tertiary alicyclic amines) is 1. The standard InChI is InChI=1S/C15H17N3O2/c1-20-14-7-3-2-6-13(14)17-15(19)12(10-16)11-18-8-4-5-9-18/h2-3,6-7,11H,4-5,8-9H2,1H3,(H,17,19)/b12-11-. The Morgan fingerprint density at radius 2 is 2.10 bits per heavy atom. The van der Waals surface area contributed by atoms with Gasteiger partial charge in [-0.25, -0.2) is 0 Å². The van der Waals surface area contributed by atoms with Crippen LogP contribution in [0.15, 0.2) is 36.0 Å². The maximum atomic E-state index is 12.1. The number of para-hydroxylation sites is 2. The van der Waals surface area contributed by atoms with Crippen LogP contribution in [0, 0.1) is 11.3 Å². The molecule has 1 fully saturated rings. The number of methoxy groups -OCH3 is 1. The number of amides is 1. The van der Waals surface area contributed by atoms with Crippen LogP contribution in [0.1, 0.15) is 12.8 Å². The SMILES string of the molecule is COc1ccccc1NC(=O)/C(C#N)=C\N1CCCC1. The van der Waals surface area contributed by atoms with E-state index in [1.54, 1.807) is 24.4 Å². The minimum absolute atomic E-state index is 0.109. The smallest absolute Gasteiger partial charge is 0.267 e. The Kier molecular flexibility index (Phi) is 4.61. The van der Waals surface area contributed by atoms with E-state index in [2.05, 4.69) is 5.32 Å². The van der Waals surface area contributed by atoms with Crippen molar-refractivity contribution in [3.8, 4) is 11.8 Å².